The van der Waals surface area contributed by atoms with E-state index in [9.17, 15) is 0 Å². The van der Waals surface area contributed by atoms with Crippen LogP contribution in [0.2, 0.25) is 0 Å². The normalized spacial score (nSPS) is 15.0. The first-order chi connectivity index (χ1) is 9.90. The van der Waals surface area contributed by atoms with Crippen LogP contribution in [-0.4, -0.2) is 34.1 Å². The van der Waals surface area contributed by atoms with E-state index in [4.69, 9.17) is 4.74 Å². The summed E-state index contributed by atoms with van der Waals surface area (Å²) in [7, 11) is 0. The summed E-state index contributed by atoms with van der Waals surface area (Å²) in [6.45, 7) is 5.25. The molecular weight excluding hydrogens is 250 g/mol. The molecule has 0 N–H and O–H groups in total. The Kier molecular flexibility index (Phi) is 4.33. The number of nitrogens with zero attached hydrogens (tertiary/aromatic N) is 3. The lowest BCUT2D eigenvalue weighted by Crippen LogP contribution is -2.36. The molecule has 1 fully saturated rings. The third kappa shape index (κ3) is 3.61. The standard InChI is InChI=1S/C16H21N3O/c1-8-18(9-1)13-15-3-5-16(6-4-15)20-12-2-10-19-11-7-17-14-19/h3-7,11,14H,1-2,8-10,12-13H2. The van der Waals surface area contributed by atoms with E-state index in [-0.39, 0.29) is 0 Å². The Bertz CT molecular complexity index is 503. The van der Waals surface area contributed by atoms with Gasteiger partial charge in [0.2, 0.25) is 0 Å². The Morgan fingerprint density at radius 2 is 2.00 bits per heavy atom. The van der Waals surface area contributed by atoms with Crippen molar-refractivity contribution in [3.8, 4) is 5.75 Å². The highest BCUT2D eigenvalue weighted by molar-refractivity contribution is 5.27. The van der Waals surface area contributed by atoms with Crippen LogP contribution in [0.4, 0.5) is 0 Å². The zero-order valence-corrected chi connectivity index (χ0v) is 11.7. The molecular formula is C16H21N3O. The SMILES string of the molecule is c1cn(CCCOc2ccc(CN3CCC3)cc2)cn1. The fraction of sp³-hybridized carbons (Fsp3) is 0.438. The van der Waals surface area contributed by atoms with Crippen LogP contribution in [-0.2, 0) is 13.1 Å². The summed E-state index contributed by atoms with van der Waals surface area (Å²) in [5.41, 5.74) is 1.37. The van der Waals surface area contributed by atoms with Crippen molar-refractivity contribution in [1.29, 1.82) is 0 Å². The van der Waals surface area contributed by atoms with Gasteiger partial charge in [-0.15, -0.1) is 0 Å². The number of hydrogen-bond donors (Lipinski definition) is 0. The lowest BCUT2D eigenvalue weighted by molar-refractivity contribution is 0.172. The lowest BCUT2D eigenvalue weighted by atomic mass is 10.1. The summed E-state index contributed by atoms with van der Waals surface area (Å²) in [5, 5.41) is 0. The molecule has 0 saturated carbocycles. The predicted octanol–water partition coefficient (Wildman–Crippen LogP) is 2.56. The van der Waals surface area contributed by atoms with Crippen LogP contribution >= 0.6 is 0 Å². The molecule has 106 valence electrons. The smallest absolute Gasteiger partial charge is 0.119 e. The number of rotatable bonds is 7. The van der Waals surface area contributed by atoms with Crippen molar-refractivity contribution in [2.75, 3.05) is 19.7 Å². The zero-order chi connectivity index (χ0) is 13.6. The average Bonchev–Trinajstić information content (AvgIpc) is 2.94. The molecule has 0 bridgehead atoms. The van der Waals surface area contributed by atoms with Crippen molar-refractivity contribution in [2.45, 2.75) is 25.9 Å². The molecule has 4 nitrogen and oxygen atoms in total. The first-order valence-electron chi connectivity index (χ1n) is 7.30. The molecule has 1 aromatic carbocycles. The highest BCUT2D eigenvalue weighted by Crippen LogP contribution is 2.16. The number of aryl methyl sites for hydroxylation is 1. The van der Waals surface area contributed by atoms with Crippen LogP contribution in [0.3, 0.4) is 0 Å². The Hall–Kier alpha value is -1.81. The second kappa shape index (κ2) is 6.57. The van der Waals surface area contributed by atoms with E-state index >= 15 is 0 Å². The molecule has 0 amide bonds. The number of benzene rings is 1. The molecule has 4 heteroatoms. The van der Waals surface area contributed by atoms with Crippen molar-refractivity contribution >= 4 is 0 Å². The quantitative estimate of drug-likeness (QED) is 0.725. The average molecular weight is 271 g/mol. The summed E-state index contributed by atoms with van der Waals surface area (Å²) in [5.74, 6) is 0.961. The molecule has 0 radical (unpaired) electrons. The molecule has 0 spiro atoms. The van der Waals surface area contributed by atoms with Crippen molar-refractivity contribution in [1.82, 2.24) is 14.5 Å². The van der Waals surface area contributed by atoms with Crippen LogP contribution in [0.1, 0.15) is 18.4 Å². The van der Waals surface area contributed by atoms with Gasteiger partial charge in [0.05, 0.1) is 12.9 Å². The second-order valence-corrected chi connectivity index (χ2v) is 5.28. The topological polar surface area (TPSA) is 30.3 Å². The van der Waals surface area contributed by atoms with Gasteiger partial charge in [0.15, 0.2) is 0 Å². The number of likely N-dealkylation sites (tertiary alicyclic amines) is 1. The van der Waals surface area contributed by atoms with Crippen molar-refractivity contribution < 1.29 is 4.74 Å². The summed E-state index contributed by atoms with van der Waals surface area (Å²) in [6, 6.07) is 8.49. The maximum Gasteiger partial charge on any atom is 0.119 e. The summed E-state index contributed by atoms with van der Waals surface area (Å²) in [4.78, 5) is 6.48. The zero-order valence-electron chi connectivity index (χ0n) is 11.7. The number of aromatic nitrogens is 2. The fourth-order valence-corrected chi connectivity index (χ4v) is 2.35. The molecule has 1 aliphatic rings. The summed E-state index contributed by atoms with van der Waals surface area (Å²) < 4.78 is 7.83. The Morgan fingerprint density at radius 1 is 1.15 bits per heavy atom. The molecule has 0 unspecified atom stereocenters. The van der Waals surface area contributed by atoms with E-state index in [1.54, 1.807) is 6.20 Å². The maximum absolute atomic E-state index is 5.76. The van der Waals surface area contributed by atoms with Gasteiger partial charge in [-0.05, 0) is 43.6 Å². The highest BCUT2D eigenvalue weighted by Gasteiger charge is 2.13. The fourth-order valence-electron chi connectivity index (χ4n) is 2.35. The lowest BCUT2D eigenvalue weighted by Gasteiger charge is -2.30. The molecule has 2 heterocycles. The third-order valence-electron chi connectivity index (χ3n) is 3.67. The van der Waals surface area contributed by atoms with Crippen LogP contribution in [0.15, 0.2) is 43.0 Å². The minimum atomic E-state index is 0.740. The summed E-state index contributed by atoms with van der Waals surface area (Å²) >= 11 is 0. The van der Waals surface area contributed by atoms with Crippen molar-refractivity contribution in [2.24, 2.45) is 0 Å². The number of imidazole rings is 1. The van der Waals surface area contributed by atoms with Gasteiger partial charge in [0, 0.05) is 25.5 Å². The van der Waals surface area contributed by atoms with Gasteiger partial charge >= 0.3 is 0 Å². The molecule has 1 aliphatic heterocycles. The van der Waals surface area contributed by atoms with Crippen LogP contribution in [0.25, 0.3) is 0 Å². The minimum Gasteiger partial charge on any atom is -0.494 e. The van der Waals surface area contributed by atoms with Gasteiger partial charge < -0.3 is 9.30 Å². The Balaban J connectivity index is 1.38. The van der Waals surface area contributed by atoms with Gasteiger partial charge in [-0.3, -0.25) is 4.90 Å². The van der Waals surface area contributed by atoms with E-state index < -0.39 is 0 Å². The second-order valence-electron chi connectivity index (χ2n) is 5.28. The van der Waals surface area contributed by atoms with Crippen LogP contribution in [0.5, 0.6) is 5.75 Å². The molecule has 1 aromatic heterocycles. The Labute approximate surface area is 120 Å². The van der Waals surface area contributed by atoms with Gasteiger partial charge in [-0.25, -0.2) is 4.98 Å². The molecule has 20 heavy (non-hydrogen) atoms. The van der Waals surface area contributed by atoms with Gasteiger partial charge in [0.25, 0.3) is 0 Å². The summed E-state index contributed by atoms with van der Waals surface area (Å²) in [6.07, 6.45) is 7.96. The van der Waals surface area contributed by atoms with Gasteiger partial charge in [0.1, 0.15) is 5.75 Å². The highest BCUT2D eigenvalue weighted by atomic mass is 16.5. The first kappa shape index (κ1) is 13.2. The van der Waals surface area contributed by atoms with Crippen LogP contribution in [0, 0.1) is 0 Å². The van der Waals surface area contributed by atoms with Crippen LogP contribution < -0.4 is 4.74 Å². The molecule has 2 aromatic rings. The van der Waals surface area contributed by atoms with Crippen molar-refractivity contribution in [3.63, 3.8) is 0 Å². The predicted molar refractivity (Wildman–Crippen MR) is 78.7 cm³/mol. The van der Waals surface area contributed by atoms with Crippen molar-refractivity contribution in [3.05, 3.63) is 48.5 Å². The van der Waals surface area contributed by atoms with E-state index in [0.717, 1.165) is 31.9 Å². The number of ether oxygens (including phenoxy) is 1. The van der Waals surface area contributed by atoms with E-state index in [1.165, 1.54) is 25.1 Å². The Morgan fingerprint density at radius 3 is 2.65 bits per heavy atom. The minimum absolute atomic E-state index is 0.740. The molecule has 0 aliphatic carbocycles. The van der Waals surface area contributed by atoms with E-state index in [1.807, 2.05) is 12.5 Å². The monoisotopic (exact) mass is 271 g/mol. The first-order valence-corrected chi connectivity index (χ1v) is 7.30. The molecule has 3 rings (SSSR count). The van der Waals surface area contributed by atoms with E-state index in [0.29, 0.717) is 0 Å². The van der Waals surface area contributed by atoms with E-state index in [2.05, 4.69) is 38.7 Å². The molecule has 0 atom stereocenters. The maximum atomic E-state index is 5.76. The van der Waals surface area contributed by atoms with Gasteiger partial charge in [-0.2, -0.15) is 0 Å². The number of hydrogen-bond acceptors (Lipinski definition) is 3. The molecule has 1 saturated heterocycles. The van der Waals surface area contributed by atoms with Gasteiger partial charge in [-0.1, -0.05) is 12.1 Å². The largest absolute Gasteiger partial charge is 0.494 e. The third-order valence-corrected chi connectivity index (χ3v) is 3.67.